The van der Waals surface area contributed by atoms with E-state index in [1.165, 1.54) is 62.8 Å². The Labute approximate surface area is 347 Å². The summed E-state index contributed by atoms with van der Waals surface area (Å²) in [6, 6.07) is 6.52. The van der Waals surface area contributed by atoms with E-state index < -0.39 is 11.6 Å². The fourth-order valence-corrected chi connectivity index (χ4v) is 8.84. The van der Waals surface area contributed by atoms with Crippen molar-refractivity contribution in [2.45, 2.75) is 135 Å². The van der Waals surface area contributed by atoms with Gasteiger partial charge in [0.25, 0.3) is 0 Å². The molecule has 3 aliphatic rings. The smallest absolute Gasteiger partial charge is 0.319 e. The number of likely N-dealkylation sites (tertiary alicyclic amines) is 1. The van der Waals surface area contributed by atoms with Crippen LogP contribution in [0.4, 0.5) is 14.6 Å². The number of phenols is 1. The number of anilines is 1. The Bertz CT molecular complexity index is 2150. The Hall–Kier alpha value is -4.60. The third kappa shape index (κ3) is 10.2. The molecule has 2 aromatic heterocycles. The number of rotatable bonds is 16. The van der Waals surface area contributed by atoms with Crippen LogP contribution in [0.25, 0.3) is 32.9 Å². The first-order valence-electron chi connectivity index (χ1n) is 21.9. The summed E-state index contributed by atoms with van der Waals surface area (Å²) in [5.74, 6) is 1.71. The van der Waals surface area contributed by atoms with E-state index in [9.17, 15) is 14.3 Å². The number of phenolic OH excluding ortho intramolecular Hbond substituents is 1. The summed E-state index contributed by atoms with van der Waals surface area (Å²) in [6.45, 7) is 12.9. The van der Waals surface area contributed by atoms with Crippen molar-refractivity contribution < 1.29 is 23.4 Å². The molecule has 5 heterocycles. The fourth-order valence-electron chi connectivity index (χ4n) is 8.84. The van der Waals surface area contributed by atoms with Crippen molar-refractivity contribution in [2.75, 3.05) is 37.6 Å². The number of carbonyl (C=O) groups is 1. The number of aromatic nitrogens is 3. The topological polar surface area (TPSA) is 116 Å². The molecule has 3 saturated heterocycles. The van der Waals surface area contributed by atoms with Crippen LogP contribution in [0, 0.1) is 29.4 Å². The summed E-state index contributed by atoms with van der Waals surface area (Å²) < 4.78 is 38.4. The molecule has 0 radical (unpaired) electrons. The van der Waals surface area contributed by atoms with Crippen LogP contribution in [0.5, 0.6) is 11.8 Å². The molecule has 3 fully saturated rings. The standard InChI is InChI=1S/C47H61F2N7O3/c1-6-36-39(48)19-16-31-25-34(57)26-37(41(31)36)43-42(49)44-38(27-50-43)45(56-28-32-17-18-33(29-56)52-32)54-46(53-44)59-35-20-23-55(24-21-35)22-14-12-10-8-7-9-11-13-15-40(58)51-30(2)47(3,4)5/h1,16,19,25-27,30,32-33,35,52,57H,7-15,17-18,20-24,28-29H2,2-5H3,(H,51,58). The number of aromatic hydroxyl groups is 1. The predicted molar refractivity (Wildman–Crippen MR) is 231 cm³/mol. The summed E-state index contributed by atoms with van der Waals surface area (Å²) in [6.07, 6.45) is 20.9. The lowest BCUT2D eigenvalue weighted by molar-refractivity contribution is -0.122. The van der Waals surface area contributed by atoms with Crippen molar-refractivity contribution in [3.05, 3.63) is 47.7 Å². The average Bonchev–Trinajstić information content (AvgIpc) is 3.55. The van der Waals surface area contributed by atoms with Gasteiger partial charge in [-0.1, -0.05) is 71.3 Å². The van der Waals surface area contributed by atoms with E-state index in [1.54, 1.807) is 6.20 Å². The zero-order valence-corrected chi connectivity index (χ0v) is 35.3. The van der Waals surface area contributed by atoms with Gasteiger partial charge in [0, 0.05) is 67.9 Å². The number of piperidine rings is 1. The Kier molecular flexibility index (Phi) is 13.5. The lowest BCUT2D eigenvalue weighted by atomic mass is 9.88. The van der Waals surface area contributed by atoms with Crippen molar-refractivity contribution in [2.24, 2.45) is 5.41 Å². The predicted octanol–water partition coefficient (Wildman–Crippen LogP) is 8.66. The number of pyridine rings is 1. The number of nitrogens with zero attached hydrogens (tertiary/aromatic N) is 5. The third-order valence-electron chi connectivity index (χ3n) is 12.7. The minimum atomic E-state index is -0.714. The molecule has 2 bridgehead atoms. The van der Waals surface area contributed by atoms with Crippen LogP contribution >= 0.6 is 0 Å². The summed E-state index contributed by atoms with van der Waals surface area (Å²) in [5.41, 5.74) is 0.199. The Morgan fingerprint density at radius 1 is 1.00 bits per heavy atom. The van der Waals surface area contributed by atoms with Crippen LogP contribution in [0.3, 0.4) is 0 Å². The van der Waals surface area contributed by atoms with E-state index in [2.05, 4.69) is 64.0 Å². The quantitative estimate of drug-likeness (QED) is 0.0756. The number of nitrogens with one attached hydrogen (secondary N) is 2. The number of terminal acetylenes is 1. The second-order valence-electron chi connectivity index (χ2n) is 18.1. The van der Waals surface area contributed by atoms with Gasteiger partial charge in [-0.25, -0.2) is 8.78 Å². The molecule has 10 nitrogen and oxygen atoms in total. The van der Waals surface area contributed by atoms with Gasteiger partial charge in [0.15, 0.2) is 5.82 Å². The molecule has 2 aromatic carbocycles. The molecule has 59 heavy (non-hydrogen) atoms. The molecular formula is C47H61F2N7O3. The minimum Gasteiger partial charge on any atom is -0.508 e. The maximum absolute atomic E-state index is 16.9. The Morgan fingerprint density at radius 2 is 1.68 bits per heavy atom. The number of hydrogen-bond donors (Lipinski definition) is 3. The summed E-state index contributed by atoms with van der Waals surface area (Å²) >= 11 is 0. The highest BCUT2D eigenvalue weighted by molar-refractivity contribution is 6.03. The normalized spacial score (nSPS) is 19.3. The van der Waals surface area contributed by atoms with Crippen molar-refractivity contribution in [3.63, 3.8) is 0 Å². The largest absolute Gasteiger partial charge is 0.508 e. The highest BCUT2D eigenvalue weighted by Crippen LogP contribution is 2.39. The molecule has 3 N–H and O–H groups in total. The van der Waals surface area contributed by atoms with Gasteiger partial charge >= 0.3 is 6.01 Å². The highest BCUT2D eigenvalue weighted by atomic mass is 19.1. The molecule has 3 unspecified atom stereocenters. The highest BCUT2D eigenvalue weighted by Gasteiger charge is 2.35. The third-order valence-corrected chi connectivity index (χ3v) is 12.7. The molecule has 0 aliphatic carbocycles. The molecular weight excluding hydrogens is 749 g/mol. The first kappa shape index (κ1) is 42.5. The molecule has 0 saturated carbocycles. The number of benzene rings is 2. The number of piperazine rings is 1. The number of halogens is 2. The van der Waals surface area contributed by atoms with Crippen LogP contribution < -0.4 is 20.3 Å². The van der Waals surface area contributed by atoms with E-state index in [0.29, 0.717) is 40.5 Å². The maximum Gasteiger partial charge on any atom is 0.319 e. The zero-order chi connectivity index (χ0) is 41.7. The maximum atomic E-state index is 16.9. The van der Waals surface area contributed by atoms with Gasteiger partial charge in [0.1, 0.15) is 34.7 Å². The van der Waals surface area contributed by atoms with Gasteiger partial charge in [-0.3, -0.25) is 9.78 Å². The summed E-state index contributed by atoms with van der Waals surface area (Å²) in [7, 11) is 0. The van der Waals surface area contributed by atoms with E-state index in [-0.39, 0.29) is 57.6 Å². The van der Waals surface area contributed by atoms with Gasteiger partial charge in [0.05, 0.1) is 10.9 Å². The molecule has 12 heteroatoms. The van der Waals surface area contributed by atoms with E-state index in [0.717, 1.165) is 71.2 Å². The van der Waals surface area contributed by atoms with Crippen LogP contribution in [0.15, 0.2) is 30.5 Å². The van der Waals surface area contributed by atoms with Crippen LogP contribution in [0.1, 0.15) is 117 Å². The van der Waals surface area contributed by atoms with Gasteiger partial charge < -0.3 is 30.3 Å². The number of amides is 1. The molecule has 316 valence electrons. The minimum absolute atomic E-state index is 0.0270. The van der Waals surface area contributed by atoms with Gasteiger partial charge in [-0.05, 0) is 81.0 Å². The van der Waals surface area contributed by atoms with Crippen molar-refractivity contribution in [3.8, 4) is 35.4 Å². The molecule has 3 atom stereocenters. The first-order chi connectivity index (χ1) is 28.4. The van der Waals surface area contributed by atoms with Crippen LogP contribution in [-0.2, 0) is 4.79 Å². The zero-order valence-electron chi connectivity index (χ0n) is 35.3. The van der Waals surface area contributed by atoms with Gasteiger partial charge in [-0.2, -0.15) is 9.97 Å². The second kappa shape index (κ2) is 18.8. The number of ether oxygens (including phenoxy) is 1. The number of carbonyl (C=O) groups excluding carboxylic acids is 1. The molecule has 1 amide bonds. The lowest BCUT2D eigenvalue weighted by Gasteiger charge is -2.35. The molecule has 3 aliphatic heterocycles. The van der Waals surface area contributed by atoms with E-state index >= 15 is 4.39 Å². The van der Waals surface area contributed by atoms with Crippen molar-refractivity contribution in [1.82, 2.24) is 30.5 Å². The second-order valence-corrected chi connectivity index (χ2v) is 18.1. The fraction of sp³-hybridized carbons (Fsp3) is 0.574. The summed E-state index contributed by atoms with van der Waals surface area (Å²) in [5, 5.41) is 18.6. The van der Waals surface area contributed by atoms with E-state index in [4.69, 9.17) is 16.1 Å². The summed E-state index contributed by atoms with van der Waals surface area (Å²) in [4.78, 5) is 31.1. The van der Waals surface area contributed by atoms with Gasteiger partial charge in [-0.15, -0.1) is 6.42 Å². The Balaban J connectivity index is 0.953. The number of hydrogen-bond acceptors (Lipinski definition) is 9. The number of unbranched alkanes of at least 4 members (excludes halogenated alkanes) is 7. The lowest BCUT2D eigenvalue weighted by Crippen LogP contribution is -2.51. The van der Waals surface area contributed by atoms with Crippen molar-refractivity contribution in [1.29, 1.82) is 0 Å². The Morgan fingerprint density at radius 3 is 2.36 bits per heavy atom. The van der Waals surface area contributed by atoms with Gasteiger partial charge in [0.2, 0.25) is 5.91 Å². The monoisotopic (exact) mass is 809 g/mol. The van der Waals surface area contributed by atoms with E-state index in [1.807, 2.05) is 0 Å². The molecule has 4 aromatic rings. The average molecular weight is 810 g/mol. The van der Waals surface area contributed by atoms with Crippen LogP contribution in [-0.4, -0.2) is 87.8 Å². The first-order valence-corrected chi connectivity index (χ1v) is 21.9. The number of fused-ring (bicyclic) bond motifs is 4. The van der Waals surface area contributed by atoms with Crippen LogP contribution in [0.2, 0.25) is 0 Å². The SMILES string of the molecule is C#Cc1c(F)ccc2cc(O)cc(-c3ncc4c(N5CC6CCC(C5)N6)nc(OC5CCN(CCCCCCCCCCC(=O)NC(C)C(C)(C)C)CC5)nc4c3F)c12. The molecule has 7 rings (SSSR count). The molecule has 0 spiro atoms. The van der Waals surface area contributed by atoms with Crippen molar-refractivity contribution >= 4 is 33.4 Å².